The van der Waals surface area contributed by atoms with Crippen LogP contribution >= 0.6 is 0 Å². The van der Waals surface area contributed by atoms with Gasteiger partial charge in [-0.1, -0.05) is 11.2 Å². The van der Waals surface area contributed by atoms with Crippen LogP contribution in [0.25, 0.3) is 11.4 Å². The van der Waals surface area contributed by atoms with Gasteiger partial charge >= 0.3 is 0 Å². The molecule has 150 valence electrons. The van der Waals surface area contributed by atoms with Crippen molar-refractivity contribution < 1.29 is 13.7 Å². The van der Waals surface area contributed by atoms with Gasteiger partial charge in [-0.05, 0) is 56.1 Å². The molecule has 7 nitrogen and oxygen atoms in total. The Labute approximate surface area is 168 Å². The Balaban J connectivity index is 1.36. The number of amides is 1. The van der Waals surface area contributed by atoms with Crippen LogP contribution in [0.3, 0.4) is 0 Å². The summed E-state index contributed by atoms with van der Waals surface area (Å²) in [5, 5.41) is 6.85. The van der Waals surface area contributed by atoms with E-state index in [4.69, 9.17) is 4.52 Å². The average Bonchev–Trinajstić information content (AvgIpc) is 3.20. The SMILES string of the molecule is Cc1ccc(NC(=O)[C@@H]2CCCN(Cc3nc(-c4ccncc4)no3)C2)cc1F. The molecule has 0 bridgehead atoms. The third kappa shape index (κ3) is 4.65. The lowest BCUT2D eigenvalue weighted by molar-refractivity contribution is -0.121. The fourth-order valence-corrected chi connectivity index (χ4v) is 3.46. The summed E-state index contributed by atoms with van der Waals surface area (Å²) in [6.07, 6.45) is 5.05. The predicted octanol–water partition coefficient (Wildman–Crippen LogP) is 3.43. The topological polar surface area (TPSA) is 84.2 Å². The van der Waals surface area contributed by atoms with Gasteiger partial charge in [0.05, 0.1) is 12.5 Å². The van der Waals surface area contributed by atoms with Crippen LogP contribution in [-0.2, 0) is 11.3 Å². The van der Waals surface area contributed by atoms with Crippen molar-refractivity contribution in [1.29, 1.82) is 0 Å². The van der Waals surface area contributed by atoms with Crippen molar-refractivity contribution in [1.82, 2.24) is 20.0 Å². The van der Waals surface area contributed by atoms with Crippen LogP contribution in [0.2, 0.25) is 0 Å². The van der Waals surface area contributed by atoms with Gasteiger partial charge in [-0.15, -0.1) is 0 Å². The standard InChI is InChI=1S/C21H22FN5O2/c1-14-4-5-17(11-18(14)22)24-21(28)16-3-2-10-27(12-16)13-19-25-20(26-29-19)15-6-8-23-9-7-15/h4-9,11,16H,2-3,10,12-13H2,1H3,(H,24,28)/t16-/m1/s1. The normalized spacial score (nSPS) is 17.2. The number of likely N-dealkylation sites (tertiary alicyclic amines) is 1. The molecular weight excluding hydrogens is 373 g/mol. The Morgan fingerprint density at radius 2 is 2.14 bits per heavy atom. The average molecular weight is 395 g/mol. The van der Waals surface area contributed by atoms with Gasteiger partial charge in [-0.3, -0.25) is 14.7 Å². The molecule has 1 N–H and O–H groups in total. The molecule has 1 atom stereocenters. The maximum absolute atomic E-state index is 13.7. The number of rotatable bonds is 5. The Bertz CT molecular complexity index is 992. The summed E-state index contributed by atoms with van der Waals surface area (Å²) in [6.45, 7) is 3.63. The lowest BCUT2D eigenvalue weighted by Gasteiger charge is -2.30. The maximum atomic E-state index is 13.7. The summed E-state index contributed by atoms with van der Waals surface area (Å²) >= 11 is 0. The third-order valence-electron chi connectivity index (χ3n) is 5.08. The van der Waals surface area contributed by atoms with E-state index in [0.717, 1.165) is 24.9 Å². The first-order valence-corrected chi connectivity index (χ1v) is 9.61. The third-order valence-corrected chi connectivity index (χ3v) is 5.08. The van der Waals surface area contributed by atoms with Crippen LogP contribution in [0, 0.1) is 18.7 Å². The van der Waals surface area contributed by atoms with Crippen LogP contribution in [0.15, 0.2) is 47.2 Å². The van der Waals surface area contributed by atoms with Gasteiger partial charge < -0.3 is 9.84 Å². The number of anilines is 1. The fourth-order valence-electron chi connectivity index (χ4n) is 3.46. The summed E-state index contributed by atoms with van der Waals surface area (Å²) in [4.78, 5) is 23.2. The number of pyridine rings is 1. The summed E-state index contributed by atoms with van der Waals surface area (Å²) < 4.78 is 19.1. The van der Waals surface area contributed by atoms with Gasteiger partial charge in [0.15, 0.2) is 0 Å². The molecule has 1 aliphatic heterocycles. The predicted molar refractivity (Wildman–Crippen MR) is 105 cm³/mol. The molecule has 0 saturated carbocycles. The van der Waals surface area contributed by atoms with Crippen molar-refractivity contribution in [2.75, 3.05) is 18.4 Å². The molecule has 0 aliphatic carbocycles. The van der Waals surface area contributed by atoms with E-state index in [1.807, 2.05) is 12.1 Å². The maximum Gasteiger partial charge on any atom is 0.241 e. The lowest BCUT2D eigenvalue weighted by atomic mass is 9.97. The number of carbonyl (C=O) groups is 1. The van der Waals surface area contributed by atoms with Crippen molar-refractivity contribution in [3.63, 3.8) is 0 Å². The number of halogens is 1. The minimum absolute atomic E-state index is 0.0963. The molecule has 3 heterocycles. The summed E-state index contributed by atoms with van der Waals surface area (Å²) in [5.74, 6) is 0.444. The molecule has 4 rings (SSSR count). The molecule has 0 unspecified atom stereocenters. The molecule has 1 saturated heterocycles. The number of nitrogens with one attached hydrogen (secondary N) is 1. The number of aromatic nitrogens is 3. The van der Waals surface area contributed by atoms with E-state index < -0.39 is 0 Å². The minimum Gasteiger partial charge on any atom is -0.338 e. The van der Waals surface area contributed by atoms with Gasteiger partial charge in [0.25, 0.3) is 0 Å². The van der Waals surface area contributed by atoms with Crippen LogP contribution in [0.5, 0.6) is 0 Å². The summed E-state index contributed by atoms with van der Waals surface area (Å²) in [7, 11) is 0. The highest BCUT2D eigenvalue weighted by atomic mass is 19.1. The Kier molecular flexibility index (Phi) is 5.62. The van der Waals surface area contributed by atoms with E-state index in [0.29, 0.717) is 36.1 Å². The molecule has 1 fully saturated rings. The molecule has 3 aromatic rings. The van der Waals surface area contributed by atoms with Gasteiger partial charge in [0, 0.05) is 30.2 Å². The first-order valence-electron chi connectivity index (χ1n) is 9.61. The lowest BCUT2D eigenvalue weighted by Crippen LogP contribution is -2.40. The molecule has 0 spiro atoms. The first-order chi connectivity index (χ1) is 14.1. The number of aryl methyl sites for hydroxylation is 1. The van der Waals surface area contributed by atoms with Crippen molar-refractivity contribution in [2.24, 2.45) is 5.92 Å². The number of benzene rings is 1. The molecule has 8 heteroatoms. The van der Waals surface area contributed by atoms with Gasteiger partial charge in [0.2, 0.25) is 17.6 Å². The van der Waals surface area contributed by atoms with Crippen LogP contribution in [0.4, 0.5) is 10.1 Å². The minimum atomic E-state index is -0.325. The van der Waals surface area contributed by atoms with E-state index >= 15 is 0 Å². The highest BCUT2D eigenvalue weighted by molar-refractivity contribution is 5.92. The smallest absolute Gasteiger partial charge is 0.241 e. The molecule has 29 heavy (non-hydrogen) atoms. The molecule has 2 aromatic heterocycles. The van der Waals surface area contributed by atoms with Crippen molar-refractivity contribution in [3.8, 4) is 11.4 Å². The zero-order valence-corrected chi connectivity index (χ0v) is 16.1. The Hall–Kier alpha value is -3.13. The van der Waals surface area contributed by atoms with Crippen LogP contribution in [0.1, 0.15) is 24.3 Å². The van der Waals surface area contributed by atoms with Gasteiger partial charge in [-0.2, -0.15) is 4.98 Å². The van der Waals surface area contributed by atoms with Gasteiger partial charge in [-0.25, -0.2) is 4.39 Å². The van der Waals surface area contributed by atoms with E-state index in [1.54, 1.807) is 31.5 Å². The quantitative estimate of drug-likeness (QED) is 0.713. The number of hydrogen-bond acceptors (Lipinski definition) is 6. The molecule has 1 amide bonds. The Morgan fingerprint density at radius 3 is 2.93 bits per heavy atom. The highest BCUT2D eigenvalue weighted by Gasteiger charge is 2.27. The van der Waals surface area contributed by atoms with Crippen molar-refractivity contribution in [2.45, 2.75) is 26.3 Å². The van der Waals surface area contributed by atoms with Gasteiger partial charge in [0.1, 0.15) is 5.82 Å². The largest absolute Gasteiger partial charge is 0.338 e. The fraction of sp³-hybridized carbons (Fsp3) is 0.333. The summed E-state index contributed by atoms with van der Waals surface area (Å²) in [5.41, 5.74) is 1.88. The second kappa shape index (κ2) is 8.48. The molecule has 1 aromatic carbocycles. The van der Waals surface area contributed by atoms with Crippen molar-refractivity contribution in [3.05, 3.63) is 60.0 Å². The molecule has 1 aliphatic rings. The van der Waals surface area contributed by atoms with E-state index in [2.05, 4.69) is 25.3 Å². The second-order valence-electron chi connectivity index (χ2n) is 7.28. The number of piperidine rings is 1. The first kappa shape index (κ1) is 19.2. The van der Waals surface area contributed by atoms with E-state index in [-0.39, 0.29) is 17.6 Å². The highest BCUT2D eigenvalue weighted by Crippen LogP contribution is 2.22. The summed E-state index contributed by atoms with van der Waals surface area (Å²) in [6, 6.07) is 8.38. The van der Waals surface area contributed by atoms with Crippen LogP contribution < -0.4 is 5.32 Å². The second-order valence-corrected chi connectivity index (χ2v) is 7.28. The Morgan fingerprint density at radius 1 is 1.31 bits per heavy atom. The van der Waals surface area contributed by atoms with E-state index in [9.17, 15) is 9.18 Å². The zero-order chi connectivity index (χ0) is 20.2. The van der Waals surface area contributed by atoms with E-state index in [1.165, 1.54) is 6.07 Å². The van der Waals surface area contributed by atoms with Crippen molar-refractivity contribution >= 4 is 11.6 Å². The number of hydrogen-bond donors (Lipinski definition) is 1. The zero-order valence-electron chi connectivity index (χ0n) is 16.1. The number of carbonyl (C=O) groups excluding carboxylic acids is 1. The molecule has 0 radical (unpaired) electrons. The molecular formula is C21H22FN5O2. The number of nitrogens with zero attached hydrogens (tertiary/aromatic N) is 4. The monoisotopic (exact) mass is 395 g/mol. The van der Waals surface area contributed by atoms with Crippen LogP contribution in [-0.4, -0.2) is 39.0 Å².